The second-order valence-corrected chi connectivity index (χ2v) is 6.55. The first-order valence-corrected chi connectivity index (χ1v) is 7.46. The van der Waals surface area contributed by atoms with Crippen molar-refractivity contribution in [3.63, 3.8) is 0 Å². The summed E-state index contributed by atoms with van der Waals surface area (Å²) < 4.78 is 0. The number of fused-ring (bicyclic) bond motifs is 1. The van der Waals surface area contributed by atoms with Gasteiger partial charge in [-0.25, -0.2) is 4.98 Å². The SMILES string of the molecule is CC(C1CC1)N(C)c1nc2c(s1)CCCC2N. The molecule has 0 aliphatic heterocycles. The Labute approximate surface area is 107 Å². The summed E-state index contributed by atoms with van der Waals surface area (Å²) in [5.74, 6) is 0.884. The normalized spacial score (nSPS) is 25.5. The standard InChI is InChI=1S/C13H21N3S/c1-8(9-6-7-9)16(2)13-15-12-10(14)4-3-5-11(12)17-13/h8-10H,3-7,14H2,1-2H3. The van der Waals surface area contributed by atoms with Gasteiger partial charge in [-0.2, -0.15) is 0 Å². The summed E-state index contributed by atoms with van der Waals surface area (Å²) in [6.07, 6.45) is 6.26. The molecule has 2 unspecified atom stereocenters. The zero-order valence-corrected chi connectivity index (χ0v) is 11.5. The molecule has 0 spiro atoms. The van der Waals surface area contributed by atoms with Crippen molar-refractivity contribution in [3.8, 4) is 0 Å². The van der Waals surface area contributed by atoms with E-state index in [0.29, 0.717) is 6.04 Å². The lowest BCUT2D eigenvalue weighted by Crippen LogP contribution is -2.30. The first-order valence-electron chi connectivity index (χ1n) is 6.65. The second kappa shape index (κ2) is 4.25. The monoisotopic (exact) mass is 251 g/mol. The summed E-state index contributed by atoms with van der Waals surface area (Å²) in [6, 6.07) is 0.798. The number of anilines is 1. The van der Waals surface area contributed by atoms with Gasteiger partial charge in [-0.15, -0.1) is 11.3 Å². The van der Waals surface area contributed by atoms with Crippen LogP contribution in [0.5, 0.6) is 0 Å². The van der Waals surface area contributed by atoms with Gasteiger partial charge in [-0.3, -0.25) is 0 Å². The molecule has 0 saturated heterocycles. The zero-order chi connectivity index (χ0) is 12.0. The van der Waals surface area contributed by atoms with Crippen molar-refractivity contribution in [2.45, 2.75) is 51.1 Å². The third kappa shape index (κ3) is 2.08. The van der Waals surface area contributed by atoms with E-state index in [1.165, 1.54) is 41.4 Å². The molecule has 0 aromatic carbocycles. The second-order valence-electron chi connectivity index (χ2n) is 5.49. The van der Waals surface area contributed by atoms with E-state index in [4.69, 9.17) is 10.7 Å². The van der Waals surface area contributed by atoms with Crippen LogP contribution in [0.15, 0.2) is 0 Å². The topological polar surface area (TPSA) is 42.2 Å². The predicted octanol–water partition coefficient (Wildman–Crippen LogP) is 2.71. The Morgan fingerprint density at radius 1 is 1.41 bits per heavy atom. The van der Waals surface area contributed by atoms with Crippen LogP contribution in [0.3, 0.4) is 0 Å². The van der Waals surface area contributed by atoms with Gasteiger partial charge < -0.3 is 10.6 Å². The fraction of sp³-hybridized carbons (Fsp3) is 0.769. The number of rotatable bonds is 3. The van der Waals surface area contributed by atoms with E-state index in [9.17, 15) is 0 Å². The molecule has 3 nitrogen and oxygen atoms in total. The molecule has 1 saturated carbocycles. The summed E-state index contributed by atoms with van der Waals surface area (Å²) in [5.41, 5.74) is 7.31. The van der Waals surface area contributed by atoms with Crippen LogP contribution in [0.25, 0.3) is 0 Å². The van der Waals surface area contributed by atoms with Crippen LogP contribution in [-0.4, -0.2) is 18.1 Å². The minimum absolute atomic E-state index is 0.174. The van der Waals surface area contributed by atoms with Crippen molar-refractivity contribution in [3.05, 3.63) is 10.6 Å². The Hall–Kier alpha value is -0.610. The molecule has 1 fully saturated rings. The minimum Gasteiger partial charge on any atom is -0.348 e. The predicted molar refractivity (Wildman–Crippen MR) is 72.6 cm³/mol. The van der Waals surface area contributed by atoms with E-state index >= 15 is 0 Å². The van der Waals surface area contributed by atoms with Gasteiger partial charge in [-0.05, 0) is 44.9 Å². The van der Waals surface area contributed by atoms with Crippen molar-refractivity contribution in [2.75, 3.05) is 11.9 Å². The quantitative estimate of drug-likeness (QED) is 0.898. The molecule has 0 radical (unpaired) electrons. The molecule has 2 N–H and O–H groups in total. The fourth-order valence-corrected chi connectivity index (χ4v) is 3.88. The third-order valence-electron chi connectivity index (χ3n) is 4.20. The van der Waals surface area contributed by atoms with Crippen LogP contribution < -0.4 is 10.6 Å². The highest BCUT2D eigenvalue weighted by Crippen LogP contribution is 2.40. The molecule has 1 aromatic heterocycles. The van der Waals surface area contributed by atoms with Crippen LogP contribution in [0.2, 0.25) is 0 Å². The first kappa shape index (κ1) is 11.5. The van der Waals surface area contributed by atoms with Gasteiger partial charge in [0.2, 0.25) is 0 Å². The maximum atomic E-state index is 6.13. The minimum atomic E-state index is 0.174. The van der Waals surface area contributed by atoms with Gasteiger partial charge in [0.05, 0.1) is 5.69 Å². The van der Waals surface area contributed by atoms with E-state index in [0.717, 1.165) is 12.3 Å². The maximum absolute atomic E-state index is 6.13. The number of hydrogen-bond acceptors (Lipinski definition) is 4. The Morgan fingerprint density at radius 3 is 2.82 bits per heavy atom. The molecule has 4 heteroatoms. The molecule has 2 aliphatic rings. The van der Waals surface area contributed by atoms with Gasteiger partial charge >= 0.3 is 0 Å². The molecule has 2 atom stereocenters. The van der Waals surface area contributed by atoms with Gasteiger partial charge in [0.25, 0.3) is 0 Å². The molecule has 1 aromatic rings. The number of nitrogens with two attached hydrogens (primary N) is 1. The zero-order valence-electron chi connectivity index (χ0n) is 10.6. The van der Waals surface area contributed by atoms with Gasteiger partial charge in [0, 0.05) is 24.0 Å². The van der Waals surface area contributed by atoms with E-state index in [2.05, 4.69) is 18.9 Å². The van der Waals surface area contributed by atoms with E-state index < -0.39 is 0 Å². The molecular formula is C13H21N3S. The number of thiazole rings is 1. The molecule has 2 aliphatic carbocycles. The van der Waals surface area contributed by atoms with E-state index in [1.54, 1.807) is 0 Å². The Balaban J connectivity index is 1.83. The summed E-state index contributed by atoms with van der Waals surface area (Å²) in [7, 11) is 2.18. The van der Waals surface area contributed by atoms with Crippen LogP contribution in [0.1, 0.15) is 49.2 Å². The van der Waals surface area contributed by atoms with Crippen LogP contribution in [0.4, 0.5) is 5.13 Å². The van der Waals surface area contributed by atoms with Crippen molar-refractivity contribution in [1.29, 1.82) is 0 Å². The molecule has 0 amide bonds. The fourth-order valence-electron chi connectivity index (χ4n) is 2.66. The summed E-state index contributed by atoms with van der Waals surface area (Å²) >= 11 is 1.86. The average Bonchev–Trinajstić information content (AvgIpc) is 3.07. The number of aryl methyl sites for hydroxylation is 1. The maximum Gasteiger partial charge on any atom is 0.185 e. The summed E-state index contributed by atoms with van der Waals surface area (Å²) in [4.78, 5) is 8.56. The molecule has 1 heterocycles. The lowest BCUT2D eigenvalue weighted by Gasteiger charge is -2.24. The molecule has 17 heavy (non-hydrogen) atoms. The Kier molecular flexibility index (Phi) is 2.87. The lowest BCUT2D eigenvalue weighted by molar-refractivity contribution is 0.561. The van der Waals surface area contributed by atoms with Crippen molar-refractivity contribution >= 4 is 16.5 Å². The van der Waals surface area contributed by atoms with E-state index in [1.807, 2.05) is 11.3 Å². The summed E-state index contributed by atoms with van der Waals surface area (Å²) in [6.45, 7) is 2.32. The Morgan fingerprint density at radius 2 is 2.18 bits per heavy atom. The average molecular weight is 251 g/mol. The smallest absolute Gasteiger partial charge is 0.185 e. The molecule has 94 valence electrons. The lowest BCUT2D eigenvalue weighted by atomic mass is 9.99. The largest absolute Gasteiger partial charge is 0.348 e. The molecule has 0 bridgehead atoms. The number of nitrogens with zero attached hydrogens (tertiary/aromatic N) is 2. The van der Waals surface area contributed by atoms with E-state index in [-0.39, 0.29) is 6.04 Å². The highest BCUT2D eigenvalue weighted by molar-refractivity contribution is 7.15. The van der Waals surface area contributed by atoms with Crippen LogP contribution in [0, 0.1) is 5.92 Å². The van der Waals surface area contributed by atoms with Crippen molar-refractivity contribution < 1.29 is 0 Å². The third-order valence-corrected chi connectivity index (χ3v) is 5.42. The van der Waals surface area contributed by atoms with Gasteiger partial charge in [0.1, 0.15) is 0 Å². The Bertz CT molecular complexity index is 411. The summed E-state index contributed by atoms with van der Waals surface area (Å²) in [5, 5.41) is 1.17. The van der Waals surface area contributed by atoms with Crippen LogP contribution in [-0.2, 0) is 6.42 Å². The van der Waals surface area contributed by atoms with Crippen molar-refractivity contribution in [2.24, 2.45) is 11.7 Å². The van der Waals surface area contributed by atoms with Gasteiger partial charge in [-0.1, -0.05) is 0 Å². The van der Waals surface area contributed by atoms with Gasteiger partial charge in [0.15, 0.2) is 5.13 Å². The molecule has 3 rings (SSSR count). The number of aromatic nitrogens is 1. The van der Waals surface area contributed by atoms with Crippen molar-refractivity contribution in [1.82, 2.24) is 4.98 Å². The first-order chi connectivity index (χ1) is 8.16. The van der Waals surface area contributed by atoms with Crippen LogP contribution >= 0.6 is 11.3 Å². The molecular weight excluding hydrogens is 230 g/mol. The number of hydrogen-bond donors (Lipinski definition) is 1. The highest BCUT2D eigenvalue weighted by Gasteiger charge is 2.32. The highest BCUT2D eigenvalue weighted by atomic mass is 32.1.